The quantitative estimate of drug-likeness (QED) is 0.621. The van der Waals surface area contributed by atoms with Gasteiger partial charge in [-0.15, -0.1) is 0 Å². The largest absolute Gasteiger partial charge is 0.600 e. The number of rotatable bonds is 2. The van der Waals surface area contributed by atoms with Gasteiger partial charge in [-0.1, -0.05) is 4.52 Å². The summed E-state index contributed by atoms with van der Waals surface area (Å²) in [5, 5.41) is 0. The van der Waals surface area contributed by atoms with Crippen LogP contribution in [0.4, 0.5) is 0 Å². The summed E-state index contributed by atoms with van der Waals surface area (Å²) in [7, 11) is -1.61. The molecule has 0 saturated carbocycles. The van der Waals surface area contributed by atoms with Crippen LogP contribution in [0.1, 0.15) is 11.2 Å². The summed E-state index contributed by atoms with van der Waals surface area (Å²) >= 11 is 0. The van der Waals surface area contributed by atoms with Crippen LogP contribution in [0.15, 0.2) is 24.5 Å². The Kier molecular flexibility index (Phi) is 1.81. The maximum atomic E-state index is 11.2. The second-order valence-corrected chi connectivity index (χ2v) is 3.60. The van der Waals surface area contributed by atoms with Crippen LogP contribution in [-0.4, -0.2) is 16.0 Å². The number of nitrogens with zero attached hydrogens (tertiary/aromatic N) is 1. The van der Waals surface area contributed by atoms with Gasteiger partial charge in [0.1, 0.15) is 6.42 Å². The fraction of sp³-hybridized carbons (Fsp3) is 0.143. The van der Waals surface area contributed by atoms with Crippen LogP contribution < -0.4 is 4.89 Å². The molecule has 0 aromatic carbocycles. The average molecular weight is 183 g/mol. The van der Waals surface area contributed by atoms with E-state index in [1.54, 1.807) is 24.5 Å². The standard InChI is InChI=1S/C7H6NO3P/c9-6(5-7-11-12(7)10)8-3-1-2-4-8/h1-4H,5H2. The Balaban J connectivity index is 2.03. The molecule has 1 aromatic heterocycles. The third-order valence-electron chi connectivity index (χ3n) is 1.55. The summed E-state index contributed by atoms with van der Waals surface area (Å²) in [4.78, 5) is 21.8. The molecule has 0 N–H and O–H groups in total. The molecule has 0 spiro atoms. The molecule has 1 aliphatic heterocycles. The van der Waals surface area contributed by atoms with Crippen molar-refractivity contribution in [1.82, 2.24) is 4.57 Å². The van der Waals surface area contributed by atoms with Crippen LogP contribution in [0.25, 0.3) is 0 Å². The highest BCUT2D eigenvalue weighted by atomic mass is 31.1. The summed E-state index contributed by atoms with van der Waals surface area (Å²) in [6.45, 7) is 0. The first kappa shape index (κ1) is 7.68. The normalized spacial score (nSPS) is 18.1. The maximum absolute atomic E-state index is 11.2. The Hall–Kier alpha value is -0.960. The van der Waals surface area contributed by atoms with Gasteiger partial charge in [0.05, 0.1) is 0 Å². The minimum atomic E-state index is -1.61. The van der Waals surface area contributed by atoms with Gasteiger partial charge >= 0.3 is 5.48 Å². The van der Waals surface area contributed by atoms with Gasteiger partial charge in [-0.2, -0.15) is 0 Å². The predicted molar refractivity (Wildman–Crippen MR) is 42.7 cm³/mol. The third-order valence-corrected chi connectivity index (χ3v) is 2.43. The molecule has 1 aromatic rings. The zero-order chi connectivity index (χ0) is 8.55. The Morgan fingerprint density at radius 3 is 2.67 bits per heavy atom. The lowest BCUT2D eigenvalue weighted by molar-refractivity contribution is -0.159. The van der Waals surface area contributed by atoms with Gasteiger partial charge in [0.15, 0.2) is 0 Å². The molecule has 2 heterocycles. The predicted octanol–water partition coefficient (Wildman–Crippen LogP) is 0.351. The van der Waals surface area contributed by atoms with Gasteiger partial charge < -0.3 is 4.89 Å². The fourth-order valence-corrected chi connectivity index (χ4v) is 1.47. The summed E-state index contributed by atoms with van der Waals surface area (Å²) < 4.78 is 6.02. The number of hydrogen-bond donors (Lipinski definition) is 0. The molecule has 12 heavy (non-hydrogen) atoms. The van der Waals surface area contributed by atoms with Gasteiger partial charge in [-0.25, -0.2) is 0 Å². The molecule has 0 aliphatic carbocycles. The number of hydrogen-bond acceptors (Lipinski definition) is 3. The van der Waals surface area contributed by atoms with Crippen molar-refractivity contribution in [3.05, 3.63) is 24.5 Å². The van der Waals surface area contributed by atoms with Crippen molar-refractivity contribution in [2.75, 3.05) is 0 Å². The van der Waals surface area contributed by atoms with Crippen LogP contribution in [-0.2, 0) is 4.52 Å². The van der Waals surface area contributed by atoms with E-state index in [1.165, 1.54) is 4.57 Å². The van der Waals surface area contributed by atoms with E-state index in [2.05, 4.69) is 4.52 Å². The minimum absolute atomic E-state index is 0.115. The van der Waals surface area contributed by atoms with E-state index in [0.29, 0.717) is 5.48 Å². The Morgan fingerprint density at radius 2 is 2.17 bits per heavy atom. The lowest BCUT2D eigenvalue weighted by atomic mass is 10.4. The molecule has 0 radical (unpaired) electrons. The van der Waals surface area contributed by atoms with E-state index in [4.69, 9.17) is 0 Å². The average Bonchev–Trinajstić information content (AvgIpc) is 2.58. The van der Waals surface area contributed by atoms with Crippen LogP contribution in [0, 0.1) is 0 Å². The first-order chi connectivity index (χ1) is 5.77. The van der Waals surface area contributed by atoms with E-state index in [1.807, 2.05) is 0 Å². The number of aromatic nitrogens is 1. The molecular weight excluding hydrogens is 177 g/mol. The SMILES string of the molecule is O=C(CC1=[P+]([O-])O1)n1cccc1. The van der Waals surface area contributed by atoms with Crippen LogP contribution >= 0.6 is 8.00 Å². The Bertz CT molecular complexity index is 342. The van der Waals surface area contributed by atoms with Crippen molar-refractivity contribution in [3.8, 4) is 0 Å². The van der Waals surface area contributed by atoms with E-state index in [-0.39, 0.29) is 12.3 Å². The van der Waals surface area contributed by atoms with Crippen LogP contribution in [0.5, 0.6) is 0 Å². The van der Waals surface area contributed by atoms with E-state index in [9.17, 15) is 9.69 Å². The summed E-state index contributed by atoms with van der Waals surface area (Å²) in [5.41, 5.74) is 0.406. The van der Waals surface area contributed by atoms with Gasteiger partial charge in [-0.3, -0.25) is 9.36 Å². The monoisotopic (exact) mass is 183 g/mol. The third kappa shape index (κ3) is 1.46. The van der Waals surface area contributed by atoms with Gasteiger partial charge in [0, 0.05) is 12.4 Å². The van der Waals surface area contributed by atoms with Crippen molar-refractivity contribution in [2.45, 2.75) is 6.42 Å². The summed E-state index contributed by atoms with van der Waals surface area (Å²) in [6, 6.07) is 3.52. The molecule has 2 rings (SSSR count). The molecule has 0 amide bonds. The van der Waals surface area contributed by atoms with Crippen molar-refractivity contribution in [2.24, 2.45) is 0 Å². The zero-order valence-electron chi connectivity index (χ0n) is 6.14. The minimum Gasteiger partial charge on any atom is -0.600 e. The van der Waals surface area contributed by atoms with Crippen molar-refractivity contribution < 1.29 is 14.2 Å². The summed E-state index contributed by atoms with van der Waals surface area (Å²) in [5.74, 6) is -0.115. The molecule has 1 atom stereocenters. The first-order valence-corrected chi connectivity index (χ1v) is 4.62. The highest BCUT2D eigenvalue weighted by molar-refractivity contribution is 7.55. The molecule has 1 unspecified atom stereocenters. The zero-order valence-corrected chi connectivity index (χ0v) is 7.03. The number of carbonyl (C=O) groups excluding carboxylic acids is 1. The molecule has 0 bridgehead atoms. The first-order valence-electron chi connectivity index (χ1n) is 3.44. The van der Waals surface area contributed by atoms with Crippen LogP contribution in [0.2, 0.25) is 0 Å². The van der Waals surface area contributed by atoms with Crippen molar-refractivity contribution >= 4 is 19.4 Å². The fourth-order valence-electron chi connectivity index (χ4n) is 0.894. The lowest BCUT2D eigenvalue weighted by Gasteiger charge is -1.93. The molecule has 0 fully saturated rings. The van der Waals surface area contributed by atoms with E-state index in [0.717, 1.165) is 0 Å². The smallest absolute Gasteiger partial charge is 0.312 e. The second-order valence-electron chi connectivity index (χ2n) is 2.40. The van der Waals surface area contributed by atoms with Crippen molar-refractivity contribution in [1.29, 1.82) is 0 Å². The molecule has 62 valence electrons. The molecule has 4 nitrogen and oxygen atoms in total. The summed E-state index contributed by atoms with van der Waals surface area (Å²) in [6.07, 6.45) is 3.43. The highest BCUT2D eigenvalue weighted by Gasteiger charge is 2.34. The van der Waals surface area contributed by atoms with E-state index < -0.39 is 8.00 Å². The van der Waals surface area contributed by atoms with E-state index >= 15 is 0 Å². The van der Waals surface area contributed by atoms with Gasteiger partial charge in [0.2, 0.25) is 5.91 Å². The second kappa shape index (κ2) is 2.83. The molecule has 5 heteroatoms. The molecule has 1 aliphatic rings. The number of carbonyl (C=O) groups is 1. The van der Waals surface area contributed by atoms with Gasteiger partial charge in [0.25, 0.3) is 8.00 Å². The molecule has 0 saturated heterocycles. The lowest BCUT2D eigenvalue weighted by Crippen LogP contribution is -2.09. The highest BCUT2D eigenvalue weighted by Crippen LogP contribution is 2.35. The molecular formula is C7H6NO3P. The topological polar surface area (TPSA) is 57.6 Å². The van der Waals surface area contributed by atoms with Crippen LogP contribution in [0.3, 0.4) is 0 Å². The Labute approximate surface area is 69.9 Å². The van der Waals surface area contributed by atoms with Crippen molar-refractivity contribution in [3.63, 3.8) is 0 Å². The Morgan fingerprint density at radius 1 is 1.58 bits per heavy atom. The van der Waals surface area contributed by atoms with Gasteiger partial charge in [-0.05, 0) is 12.1 Å². The maximum Gasteiger partial charge on any atom is 0.312 e.